The molecule has 0 saturated heterocycles. The largest absolute Gasteiger partial charge is 0.486 e. The van der Waals surface area contributed by atoms with E-state index in [0.29, 0.717) is 55.9 Å². The third-order valence-corrected chi connectivity index (χ3v) is 4.53. The van der Waals surface area contributed by atoms with E-state index in [2.05, 4.69) is 10.6 Å². The van der Waals surface area contributed by atoms with E-state index in [1.807, 2.05) is 18.2 Å². The molecule has 2 aromatic carbocycles. The summed E-state index contributed by atoms with van der Waals surface area (Å²) in [5.41, 5.74) is 1.49. The average molecular weight is 413 g/mol. The first kappa shape index (κ1) is 19.8. The molecule has 0 aliphatic carbocycles. The lowest BCUT2D eigenvalue weighted by Crippen LogP contribution is -2.40. The van der Waals surface area contributed by atoms with E-state index in [9.17, 15) is 9.59 Å². The Bertz CT molecular complexity index is 948. The van der Waals surface area contributed by atoms with Gasteiger partial charge in [-0.15, -0.1) is 0 Å². The second kappa shape index (κ2) is 8.91. The van der Waals surface area contributed by atoms with Crippen LogP contribution in [0.2, 0.25) is 0 Å². The molecule has 0 radical (unpaired) electrons. The molecule has 0 bridgehead atoms. The minimum absolute atomic E-state index is 0.0585. The number of urea groups is 1. The zero-order chi connectivity index (χ0) is 20.9. The number of nitrogens with zero attached hydrogens (tertiary/aromatic N) is 1. The summed E-state index contributed by atoms with van der Waals surface area (Å²) >= 11 is 0. The smallest absolute Gasteiger partial charge is 0.325 e. The van der Waals surface area contributed by atoms with Crippen molar-refractivity contribution in [3.8, 4) is 23.0 Å². The Hall–Kier alpha value is -3.46. The topological polar surface area (TPSA) is 98.4 Å². The molecule has 2 aliphatic rings. The number of benzene rings is 2. The Labute approximate surface area is 173 Å². The van der Waals surface area contributed by atoms with Crippen LogP contribution in [0, 0.1) is 0 Å². The highest BCUT2D eigenvalue weighted by Gasteiger charge is 2.16. The van der Waals surface area contributed by atoms with Gasteiger partial charge < -0.3 is 24.3 Å². The van der Waals surface area contributed by atoms with E-state index >= 15 is 0 Å². The fraction of sp³-hybridized carbons (Fsp3) is 0.333. The summed E-state index contributed by atoms with van der Waals surface area (Å²) in [5.74, 6) is 2.20. The molecule has 0 spiro atoms. The van der Waals surface area contributed by atoms with E-state index in [1.165, 1.54) is 0 Å². The van der Waals surface area contributed by atoms with Crippen LogP contribution < -0.4 is 29.6 Å². The molecule has 9 heteroatoms. The number of nitrogens with one attached hydrogen (secondary N) is 2. The molecule has 2 aliphatic heterocycles. The Kier molecular flexibility index (Phi) is 5.89. The zero-order valence-corrected chi connectivity index (χ0v) is 16.6. The van der Waals surface area contributed by atoms with Crippen LogP contribution in [0.15, 0.2) is 36.4 Å². The summed E-state index contributed by atoms with van der Waals surface area (Å²) in [6.45, 7) is 2.59. The summed E-state index contributed by atoms with van der Waals surface area (Å²) in [7, 11) is 1.80. The Morgan fingerprint density at radius 2 is 1.47 bits per heavy atom. The molecule has 158 valence electrons. The van der Waals surface area contributed by atoms with Gasteiger partial charge in [0.2, 0.25) is 5.91 Å². The normalized spacial score (nSPS) is 14.2. The quantitative estimate of drug-likeness (QED) is 0.774. The molecule has 0 fully saturated rings. The number of likely N-dealkylation sites (N-methyl/N-ethyl adjacent to an activating group) is 1. The lowest BCUT2D eigenvalue weighted by Gasteiger charge is -2.21. The van der Waals surface area contributed by atoms with E-state index in [0.717, 1.165) is 11.3 Å². The molecule has 0 atom stereocenters. The van der Waals surface area contributed by atoms with Crippen molar-refractivity contribution in [3.05, 3.63) is 42.0 Å². The number of rotatable bonds is 5. The first-order chi connectivity index (χ1) is 14.6. The van der Waals surface area contributed by atoms with Crippen LogP contribution in [-0.2, 0) is 11.3 Å². The molecule has 4 rings (SSSR count). The standard InChI is InChI=1S/C21H23N3O6/c1-24(12-14-2-4-16-18(10-14)29-8-6-27-16)13-20(25)23-21(26)22-15-3-5-17-19(11-15)30-9-7-28-17/h2-5,10-11H,6-9,12-13H2,1H3,(H2,22,23,25,26). The summed E-state index contributed by atoms with van der Waals surface area (Å²) in [4.78, 5) is 26.1. The SMILES string of the molecule is CN(CC(=O)NC(=O)Nc1ccc2c(c1)OCCO2)Cc1ccc2c(c1)OCCO2. The second-order valence-electron chi connectivity index (χ2n) is 7.01. The van der Waals surface area contributed by atoms with Gasteiger partial charge in [-0.1, -0.05) is 6.07 Å². The van der Waals surface area contributed by atoms with Gasteiger partial charge in [0, 0.05) is 18.3 Å². The van der Waals surface area contributed by atoms with Gasteiger partial charge >= 0.3 is 6.03 Å². The Morgan fingerprint density at radius 3 is 2.17 bits per heavy atom. The maximum absolute atomic E-state index is 12.2. The van der Waals surface area contributed by atoms with Gasteiger partial charge in [0.1, 0.15) is 26.4 Å². The van der Waals surface area contributed by atoms with E-state index in [1.54, 1.807) is 30.1 Å². The minimum atomic E-state index is -0.607. The predicted octanol–water partition coefficient (Wildman–Crippen LogP) is 2.01. The number of hydrogen-bond acceptors (Lipinski definition) is 7. The highest BCUT2D eigenvalue weighted by atomic mass is 16.6. The van der Waals surface area contributed by atoms with Crippen LogP contribution in [-0.4, -0.2) is 56.9 Å². The number of carbonyl (C=O) groups is 2. The summed E-state index contributed by atoms with van der Waals surface area (Å²) in [5, 5.41) is 4.95. The van der Waals surface area contributed by atoms with Crippen LogP contribution in [0.5, 0.6) is 23.0 Å². The summed E-state index contributed by atoms with van der Waals surface area (Å²) in [6, 6.07) is 10.1. The molecular formula is C21H23N3O6. The molecule has 9 nitrogen and oxygen atoms in total. The van der Waals surface area contributed by atoms with E-state index in [-0.39, 0.29) is 6.54 Å². The fourth-order valence-corrected chi connectivity index (χ4v) is 3.25. The molecular weight excluding hydrogens is 390 g/mol. The average Bonchev–Trinajstić information content (AvgIpc) is 2.73. The second-order valence-corrected chi connectivity index (χ2v) is 7.01. The van der Waals surface area contributed by atoms with Crippen LogP contribution >= 0.6 is 0 Å². The number of amides is 3. The van der Waals surface area contributed by atoms with Crippen molar-refractivity contribution in [2.24, 2.45) is 0 Å². The van der Waals surface area contributed by atoms with Gasteiger partial charge in [-0.25, -0.2) is 4.79 Å². The third-order valence-electron chi connectivity index (χ3n) is 4.53. The lowest BCUT2D eigenvalue weighted by molar-refractivity contribution is -0.120. The number of anilines is 1. The maximum atomic E-state index is 12.2. The predicted molar refractivity (Wildman–Crippen MR) is 108 cm³/mol. The Morgan fingerprint density at radius 1 is 0.867 bits per heavy atom. The van der Waals surface area contributed by atoms with Crippen molar-refractivity contribution in [3.63, 3.8) is 0 Å². The van der Waals surface area contributed by atoms with E-state index in [4.69, 9.17) is 18.9 Å². The number of carbonyl (C=O) groups excluding carboxylic acids is 2. The molecule has 2 aromatic rings. The molecule has 0 unspecified atom stereocenters. The molecule has 0 aromatic heterocycles. The number of hydrogen-bond donors (Lipinski definition) is 2. The van der Waals surface area contributed by atoms with Gasteiger partial charge in [-0.05, 0) is 36.9 Å². The highest BCUT2D eigenvalue weighted by molar-refractivity contribution is 6.01. The molecule has 30 heavy (non-hydrogen) atoms. The van der Waals surface area contributed by atoms with Gasteiger partial charge in [0.25, 0.3) is 0 Å². The summed E-state index contributed by atoms with van der Waals surface area (Å²) in [6.07, 6.45) is 0. The van der Waals surface area contributed by atoms with Gasteiger partial charge in [-0.2, -0.15) is 0 Å². The van der Waals surface area contributed by atoms with Crippen molar-refractivity contribution in [1.82, 2.24) is 10.2 Å². The lowest BCUT2D eigenvalue weighted by atomic mass is 10.2. The number of imide groups is 1. The van der Waals surface area contributed by atoms with Gasteiger partial charge in [-0.3, -0.25) is 15.0 Å². The zero-order valence-electron chi connectivity index (χ0n) is 16.6. The minimum Gasteiger partial charge on any atom is -0.486 e. The number of fused-ring (bicyclic) bond motifs is 2. The molecule has 3 amide bonds. The van der Waals surface area contributed by atoms with Crippen LogP contribution in [0.25, 0.3) is 0 Å². The Balaban J connectivity index is 1.26. The van der Waals surface area contributed by atoms with Crippen molar-refractivity contribution in [2.75, 3.05) is 45.3 Å². The molecule has 0 saturated carbocycles. The first-order valence-corrected chi connectivity index (χ1v) is 9.64. The van der Waals surface area contributed by atoms with Crippen LogP contribution in [0.4, 0.5) is 10.5 Å². The highest BCUT2D eigenvalue weighted by Crippen LogP contribution is 2.32. The van der Waals surface area contributed by atoms with Crippen molar-refractivity contribution in [1.29, 1.82) is 0 Å². The maximum Gasteiger partial charge on any atom is 0.325 e. The van der Waals surface area contributed by atoms with Crippen molar-refractivity contribution >= 4 is 17.6 Å². The molecule has 2 heterocycles. The fourth-order valence-electron chi connectivity index (χ4n) is 3.25. The van der Waals surface area contributed by atoms with Crippen LogP contribution in [0.3, 0.4) is 0 Å². The number of ether oxygens (including phenoxy) is 4. The van der Waals surface area contributed by atoms with Crippen molar-refractivity contribution < 1.29 is 28.5 Å². The van der Waals surface area contributed by atoms with Gasteiger partial charge in [0.05, 0.1) is 6.54 Å². The van der Waals surface area contributed by atoms with Gasteiger partial charge in [0.15, 0.2) is 23.0 Å². The third kappa shape index (κ3) is 4.93. The first-order valence-electron chi connectivity index (χ1n) is 9.64. The molecule has 2 N–H and O–H groups in total. The van der Waals surface area contributed by atoms with Crippen LogP contribution in [0.1, 0.15) is 5.56 Å². The van der Waals surface area contributed by atoms with Crippen molar-refractivity contribution in [2.45, 2.75) is 6.54 Å². The summed E-state index contributed by atoms with van der Waals surface area (Å²) < 4.78 is 22.0. The monoisotopic (exact) mass is 413 g/mol. The van der Waals surface area contributed by atoms with E-state index < -0.39 is 11.9 Å².